The van der Waals surface area contributed by atoms with Crippen LogP contribution in [0.4, 0.5) is 0 Å². The quantitative estimate of drug-likeness (QED) is 0.588. The van der Waals surface area contributed by atoms with Gasteiger partial charge < -0.3 is 19.7 Å². The number of aromatic hydroxyl groups is 2. The number of esters is 2. The van der Waals surface area contributed by atoms with Crippen LogP contribution in [0.15, 0.2) is 74.2 Å². The Kier molecular flexibility index (Phi) is 5.49. The molecular formula is C22H20O6. The molecule has 0 unspecified atom stereocenters. The molecule has 0 spiro atoms. The molecule has 6 heteroatoms. The number of ether oxygens (including phenoxy) is 2. The lowest BCUT2D eigenvalue weighted by Crippen LogP contribution is -2.51. The fraction of sp³-hybridized carbons (Fsp3) is 0.182. The van der Waals surface area contributed by atoms with Crippen LogP contribution in [-0.4, -0.2) is 22.2 Å². The Morgan fingerprint density at radius 2 is 1.04 bits per heavy atom. The van der Waals surface area contributed by atoms with Crippen LogP contribution < -0.4 is 0 Å². The minimum atomic E-state index is -0.672. The maximum Gasteiger partial charge on any atom is 0.315 e. The first-order valence-corrected chi connectivity index (χ1v) is 8.68. The van der Waals surface area contributed by atoms with Crippen LogP contribution in [0.2, 0.25) is 0 Å². The third-order valence-electron chi connectivity index (χ3n) is 5.05. The first-order valence-electron chi connectivity index (χ1n) is 8.68. The summed E-state index contributed by atoms with van der Waals surface area (Å²) >= 11 is 0. The smallest absolute Gasteiger partial charge is 0.315 e. The largest absolute Gasteiger partial charge is 0.508 e. The number of hydrogen-bond donors (Lipinski definition) is 2. The van der Waals surface area contributed by atoms with Crippen molar-refractivity contribution in [2.24, 2.45) is 11.8 Å². The average molecular weight is 380 g/mol. The van der Waals surface area contributed by atoms with Gasteiger partial charge in [-0.15, -0.1) is 0 Å². The van der Waals surface area contributed by atoms with Gasteiger partial charge >= 0.3 is 11.9 Å². The van der Waals surface area contributed by atoms with Gasteiger partial charge in [0.05, 0.1) is 24.4 Å². The molecule has 3 rings (SSSR count). The van der Waals surface area contributed by atoms with E-state index in [-0.39, 0.29) is 11.5 Å². The second-order valence-corrected chi connectivity index (χ2v) is 6.49. The maximum absolute atomic E-state index is 12.7. The van der Waals surface area contributed by atoms with Crippen molar-refractivity contribution in [1.82, 2.24) is 0 Å². The fourth-order valence-electron chi connectivity index (χ4n) is 3.88. The molecule has 0 saturated heterocycles. The van der Waals surface area contributed by atoms with Crippen molar-refractivity contribution >= 4 is 11.9 Å². The summed E-state index contributed by atoms with van der Waals surface area (Å²) in [5.41, 5.74) is 1.40. The van der Waals surface area contributed by atoms with Crippen molar-refractivity contribution in [3.05, 3.63) is 85.3 Å². The summed E-state index contributed by atoms with van der Waals surface area (Å²) < 4.78 is 10.1. The van der Waals surface area contributed by atoms with E-state index in [1.165, 1.54) is 24.3 Å². The summed E-state index contributed by atoms with van der Waals surface area (Å²) in [7, 11) is 0. The average Bonchev–Trinajstić information content (AvgIpc) is 2.64. The van der Waals surface area contributed by atoms with Crippen molar-refractivity contribution in [3.63, 3.8) is 0 Å². The molecule has 1 aliphatic rings. The topological polar surface area (TPSA) is 93.1 Å². The SMILES string of the molecule is C=COC(=O)C1C(c2ccc(O)cc2)C(C(=O)OC=C)C1c1ccc(O)cc1. The third-order valence-corrected chi connectivity index (χ3v) is 5.05. The summed E-state index contributed by atoms with van der Waals surface area (Å²) in [6, 6.07) is 12.6. The van der Waals surface area contributed by atoms with Crippen molar-refractivity contribution in [1.29, 1.82) is 0 Å². The van der Waals surface area contributed by atoms with Gasteiger partial charge in [-0.05, 0) is 35.4 Å². The molecule has 1 aliphatic carbocycles. The van der Waals surface area contributed by atoms with Gasteiger partial charge in [-0.3, -0.25) is 9.59 Å². The van der Waals surface area contributed by atoms with Gasteiger partial charge in [0.2, 0.25) is 0 Å². The number of phenolic OH excluding ortho intramolecular Hbond substituents is 2. The van der Waals surface area contributed by atoms with E-state index in [4.69, 9.17) is 9.47 Å². The second kappa shape index (κ2) is 8.00. The highest BCUT2D eigenvalue weighted by Gasteiger charge is 2.59. The molecule has 1 saturated carbocycles. The van der Waals surface area contributed by atoms with E-state index in [0.29, 0.717) is 11.1 Å². The van der Waals surface area contributed by atoms with Crippen LogP contribution in [0.25, 0.3) is 0 Å². The summed E-state index contributed by atoms with van der Waals surface area (Å²) in [5.74, 6) is -3.26. The van der Waals surface area contributed by atoms with Crippen LogP contribution in [0.5, 0.6) is 11.5 Å². The minimum absolute atomic E-state index is 0.0774. The van der Waals surface area contributed by atoms with Gasteiger partial charge in [0.25, 0.3) is 0 Å². The zero-order chi connectivity index (χ0) is 20.3. The lowest BCUT2D eigenvalue weighted by Gasteiger charge is -2.49. The molecule has 0 aliphatic heterocycles. The molecule has 6 nitrogen and oxygen atoms in total. The molecule has 144 valence electrons. The van der Waals surface area contributed by atoms with Crippen molar-refractivity contribution < 1.29 is 29.3 Å². The predicted octanol–water partition coefficient (Wildman–Crippen LogP) is 3.58. The number of carbonyl (C=O) groups excluding carboxylic acids is 2. The van der Waals surface area contributed by atoms with E-state index in [1.807, 2.05) is 0 Å². The van der Waals surface area contributed by atoms with Gasteiger partial charge in [0.1, 0.15) is 11.5 Å². The Hall–Kier alpha value is -3.54. The highest BCUT2D eigenvalue weighted by Crippen LogP contribution is 2.58. The van der Waals surface area contributed by atoms with Crippen LogP contribution in [0, 0.1) is 11.8 Å². The third kappa shape index (κ3) is 3.49. The van der Waals surface area contributed by atoms with Crippen LogP contribution >= 0.6 is 0 Å². The second-order valence-electron chi connectivity index (χ2n) is 6.49. The zero-order valence-corrected chi connectivity index (χ0v) is 15.0. The predicted molar refractivity (Wildman–Crippen MR) is 101 cm³/mol. The van der Waals surface area contributed by atoms with Gasteiger partial charge in [-0.2, -0.15) is 0 Å². The summed E-state index contributed by atoms with van der Waals surface area (Å²) in [6.07, 6.45) is 2.11. The lowest BCUT2D eigenvalue weighted by atomic mass is 9.52. The molecule has 0 heterocycles. The molecular weight excluding hydrogens is 360 g/mol. The van der Waals surface area contributed by atoms with Crippen LogP contribution in [0.3, 0.4) is 0 Å². The number of phenols is 2. The van der Waals surface area contributed by atoms with E-state index >= 15 is 0 Å². The van der Waals surface area contributed by atoms with E-state index in [2.05, 4.69) is 13.2 Å². The molecule has 0 radical (unpaired) electrons. The maximum atomic E-state index is 12.7. The Balaban J connectivity index is 2.07. The van der Waals surface area contributed by atoms with Crippen molar-refractivity contribution in [3.8, 4) is 11.5 Å². The lowest BCUT2D eigenvalue weighted by molar-refractivity contribution is -0.161. The van der Waals surface area contributed by atoms with Crippen LogP contribution in [0.1, 0.15) is 23.0 Å². The van der Waals surface area contributed by atoms with Gasteiger partial charge in [-0.1, -0.05) is 37.4 Å². The van der Waals surface area contributed by atoms with E-state index in [0.717, 1.165) is 12.5 Å². The monoisotopic (exact) mass is 380 g/mol. The summed E-state index contributed by atoms with van der Waals surface area (Å²) in [6.45, 7) is 6.86. The summed E-state index contributed by atoms with van der Waals surface area (Å²) in [4.78, 5) is 25.4. The molecule has 0 atom stereocenters. The fourth-order valence-corrected chi connectivity index (χ4v) is 3.88. The van der Waals surface area contributed by atoms with Gasteiger partial charge in [-0.25, -0.2) is 0 Å². The number of benzene rings is 2. The molecule has 2 aromatic rings. The standard InChI is InChI=1S/C22H20O6/c1-3-27-21(25)19-17(13-5-9-15(23)10-6-13)20(22(26)28-4-2)18(19)14-7-11-16(24)12-8-14/h3-12,17-20,23-24H,1-2H2. The highest BCUT2D eigenvalue weighted by atomic mass is 16.5. The van der Waals surface area contributed by atoms with Crippen molar-refractivity contribution in [2.75, 3.05) is 0 Å². The highest BCUT2D eigenvalue weighted by molar-refractivity contribution is 5.85. The first kappa shape index (κ1) is 19.2. The van der Waals surface area contributed by atoms with Crippen molar-refractivity contribution in [2.45, 2.75) is 11.8 Å². The van der Waals surface area contributed by atoms with Gasteiger partial charge in [0, 0.05) is 11.8 Å². The van der Waals surface area contributed by atoms with E-state index in [9.17, 15) is 19.8 Å². The Bertz CT molecular complexity index is 801. The Morgan fingerprint density at radius 3 is 1.32 bits per heavy atom. The molecule has 0 bridgehead atoms. The number of rotatable bonds is 6. The normalized spacial score (nSPS) is 23.1. The number of carbonyl (C=O) groups is 2. The summed E-state index contributed by atoms with van der Waals surface area (Å²) in [5, 5.41) is 19.1. The Morgan fingerprint density at radius 1 is 0.714 bits per heavy atom. The van der Waals surface area contributed by atoms with E-state index in [1.54, 1.807) is 24.3 Å². The molecule has 2 aromatic carbocycles. The molecule has 0 amide bonds. The zero-order valence-electron chi connectivity index (χ0n) is 15.0. The molecule has 28 heavy (non-hydrogen) atoms. The van der Waals surface area contributed by atoms with Crippen LogP contribution in [-0.2, 0) is 19.1 Å². The molecule has 2 N–H and O–H groups in total. The van der Waals surface area contributed by atoms with Gasteiger partial charge in [0.15, 0.2) is 0 Å². The number of hydrogen-bond acceptors (Lipinski definition) is 6. The first-order chi connectivity index (χ1) is 13.5. The Labute approximate surface area is 162 Å². The molecule has 1 fully saturated rings. The molecule has 0 aromatic heterocycles. The van der Waals surface area contributed by atoms with E-state index < -0.39 is 35.6 Å². The minimum Gasteiger partial charge on any atom is -0.508 e.